The average molecular weight is 263 g/mol. The molecule has 100 valence electrons. The molecule has 0 amide bonds. The first-order valence-electron chi connectivity index (χ1n) is 6.62. The molecule has 2 N–H and O–H groups in total. The van der Waals surface area contributed by atoms with E-state index in [1.807, 2.05) is 42.8 Å². The Morgan fingerprint density at radius 3 is 2.50 bits per heavy atom. The standard InChI is InChI=1S/C17H17N3/c1-12-4-9-16-17(13(12)2)19-10-3-11-20(16)15-7-5-14(18)6-8-15/h3-11H,18H2,1-2H3. The Kier molecular flexibility index (Phi) is 3.03. The zero-order valence-corrected chi connectivity index (χ0v) is 11.7. The molecule has 0 bridgehead atoms. The number of rotatable bonds is 1. The minimum Gasteiger partial charge on any atom is -0.399 e. The SMILES string of the molecule is Cc1ccc2c(c1C)N=CC=CN2c1ccc(N)cc1. The Hall–Kier alpha value is -2.55. The summed E-state index contributed by atoms with van der Waals surface area (Å²) in [5, 5.41) is 0. The van der Waals surface area contributed by atoms with E-state index in [0.29, 0.717) is 0 Å². The van der Waals surface area contributed by atoms with Gasteiger partial charge in [0.05, 0.1) is 11.4 Å². The molecule has 0 spiro atoms. The molecule has 0 saturated heterocycles. The number of nitrogens with two attached hydrogens (primary N) is 1. The van der Waals surface area contributed by atoms with E-state index >= 15 is 0 Å². The summed E-state index contributed by atoms with van der Waals surface area (Å²) in [6.45, 7) is 4.22. The predicted molar refractivity (Wildman–Crippen MR) is 86.2 cm³/mol. The van der Waals surface area contributed by atoms with Gasteiger partial charge in [0.1, 0.15) is 0 Å². The normalized spacial score (nSPS) is 13.2. The van der Waals surface area contributed by atoms with Crippen molar-refractivity contribution in [1.82, 2.24) is 0 Å². The molecular weight excluding hydrogens is 246 g/mol. The molecule has 1 heterocycles. The summed E-state index contributed by atoms with van der Waals surface area (Å²) in [4.78, 5) is 6.70. The highest BCUT2D eigenvalue weighted by molar-refractivity contribution is 5.88. The monoisotopic (exact) mass is 263 g/mol. The molecule has 2 aromatic carbocycles. The van der Waals surface area contributed by atoms with Gasteiger partial charge in [-0.15, -0.1) is 0 Å². The number of fused-ring (bicyclic) bond motifs is 1. The number of nitrogen functional groups attached to an aromatic ring is 1. The molecule has 20 heavy (non-hydrogen) atoms. The van der Waals surface area contributed by atoms with Crippen LogP contribution in [0.25, 0.3) is 0 Å². The fraction of sp³-hybridized carbons (Fsp3) is 0.118. The van der Waals surface area contributed by atoms with Crippen LogP contribution in [0.3, 0.4) is 0 Å². The van der Waals surface area contributed by atoms with Crippen molar-refractivity contribution in [2.24, 2.45) is 4.99 Å². The Morgan fingerprint density at radius 2 is 1.75 bits per heavy atom. The summed E-state index contributed by atoms with van der Waals surface area (Å²) >= 11 is 0. The quantitative estimate of drug-likeness (QED) is 0.781. The molecule has 0 radical (unpaired) electrons. The van der Waals surface area contributed by atoms with Crippen LogP contribution in [0.1, 0.15) is 11.1 Å². The van der Waals surface area contributed by atoms with Crippen molar-refractivity contribution >= 4 is 29.0 Å². The molecule has 0 aromatic heterocycles. The van der Waals surface area contributed by atoms with Gasteiger partial charge in [0.15, 0.2) is 0 Å². The van der Waals surface area contributed by atoms with Crippen molar-refractivity contribution < 1.29 is 0 Å². The first-order valence-corrected chi connectivity index (χ1v) is 6.62. The lowest BCUT2D eigenvalue weighted by Gasteiger charge is -2.23. The highest BCUT2D eigenvalue weighted by atomic mass is 15.1. The Bertz CT molecular complexity index is 697. The first kappa shape index (κ1) is 12.5. The van der Waals surface area contributed by atoms with Crippen molar-refractivity contribution in [2.45, 2.75) is 13.8 Å². The van der Waals surface area contributed by atoms with Crippen molar-refractivity contribution in [1.29, 1.82) is 0 Å². The fourth-order valence-corrected chi connectivity index (χ4v) is 2.33. The molecule has 1 aliphatic rings. The number of benzene rings is 2. The molecule has 0 atom stereocenters. The topological polar surface area (TPSA) is 41.6 Å². The average Bonchev–Trinajstić information content (AvgIpc) is 2.67. The second kappa shape index (κ2) is 4.85. The van der Waals surface area contributed by atoms with Gasteiger partial charge in [0.25, 0.3) is 0 Å². The van der Waals surface area contributed by atoms with E-state index in [0.717, 1.165) is 22.7 Å². The third kappa shape index (κ3) is 2.07. The van der Waals surface area contributed by atoms with Crippen LogP contribution in [0, 0.1) is 13.8 Å². The van der Waals surface area contributed by atoms with E-state index in [1.165, 1.54) is 11.1 Å². The van der Waals surface area contributed by atoms with Crippen LogP contribution in [0.2, 0.25) is 0 Å². The van der Waals surface area contributed by atoms with Crippen LogP contribution < -0.4 is 10.6 Å². The third-order valence-corrected chi connectivity index (χ3v) is 3.64. The summed E-state index contributed by atoms with van der Waals surface area (Å²) in [6, 6.07) is 12.1. The first-order chi connectivity index (χ1) is 9.66. The number of anilines is 3. The Morgan fingerprint density at radius 1 is 1.00 bits per heavy atom. The number of hydrogen-bond acceptors (Lipinski definition) is 3. The molecule has 0 aliphatic carbocycles. The second-order valence-electron chi connectivity index (χ2n) is 4.96. The van der Waals surface area contributed by atoms with E-state index in [1.54, 1.807) is 0 Å². The maximum Gasteiger partial charge on any atom is 0.0901 e. The lowest BCUT2D eigenvalue weighted by atomic mass is 10.1. The van der Waals surface area contributed by atoms with Crippen molar-refractivity contribution in [2.75, 3.05) is 10.6 Å². The maximum absolute atomic E-state index is 5.76. The summed E-state index contributed by atoms with van der Waals surface area (Å²) < 4.78 is 0. The molecule has 3 heteroatoms. The van der Waals surface area contributed by atoms with Gasteiger partial charge in [-0.1, -0.05) is 6.07 Å². The van der Waals surface area contributed by atoms with Crippen molar-refractivity contribution in [3.63, 3.8) is 0 Å². The fourth-order valence-electron chi connectivity index (χ4n) is 2.33. The highest BCUT2D eigenvalue weighted by Crippen LogP contribution is 2.39. The molecule has 3 nitrogen and oxygen atoms in total. The molecule has 0 unspecified atom stereocenters. The van der Waals surface area contributed by atoms with Gasteiger partial charge in [-0.2, -0.15) is 0 Å². The Labute approximate surface area is 119 Å². The second-order valence-corrected chi connectivity index (χ2v) is 4.96. The van der Waals surface area contributed by atoms with Gasteiger partial charge in [0, 0.05) is 23.8 Å². The van der Waals surface area contributed by atoms with Crippen molar-refractivity contribution in [3.8, 4) is 0 Å². The van der Waals surface area contributed by atoms with Gasteiger partial charge in [-0.05, 0) is 61.4 Å². The number of aryl methyl sites for hydroxylation is 1. The summed E-state index contributed by atoms with van der Waals surface area (Å²) in [5.41, 5.74) is 12.2. The lowest BCUT2D eigenvalue weighted by Crippen LogP contribution is -2.08. The van der Waals surface area contributed by atoms with Gasteiger partial charge < -0.3 is 10.6 Å². The lowest BCUT2D eigenvalue weighted by molar-refractivity contribution is 1.24. The van der Waals surface area contributed by atoms with Gasteiger partial charge in [-0.3, -0.25) is 4.99 Å². The largest absolute Gasteiger partial charge is 0.399 e. The minimum atomic E-state index is 0.768. The summed E-state index contributed by atoms with van der Waals surface area (Å²) in [5.74, 6) is 0. The molecule has 0 fully saturated rings. The number of allylic oxidation sites excluding steroid dienone is 1. The van der Waals surface area contributed by atoms with Crippen LogP contribution in [0.4, 0.5) is 22.7 Å². The van der Waals surface area contributed by atoms with Crippen LogP contribution in [0.15, 0.2) is 53.7 Å². The van der Waals surface area contributed by atoms with Gasteiger partial charge in [0.2, 0.25) is 0 Å². The summed E-state index contributed by atoms with van der Waals surface area (Å²) in [6.07, 6.45) is 5.81. The number of nitrogens with zero attached hydrogens (tertiary/aromatic N) is 2. The van der Waals surface area contributed by atoms with Crippen molar-refractivity contribution in [3.05, 3.63) is 59.8 Å². The van der Waals surface area contributed by atoms with Crippen LogP contribution in [0.5, 0.6) is 0 Å². The smallest absolute Gasteiger partial charge is 0.0901 e. The highest BCUT2D eigenvalue weighted by Gasteiger charge is 2.15. The third-order valence-electron chi connectivity index (χ3n) is 3.64. The Balaban J connectivity index is 2.16. The minimum absolute atomic E-state index is 0.768. The molecule has 3 rings (SSSR count). The number of aliphatic imine (C=N–C) groups is 1. The molecule has 2 aromatic rings. The van der Waals surface area contributed by atoms with E-state index in [4.69, 9.17) is 5.73 Å². The van der Waals surface area contributed by atoms with E-state index in [-0.39, 0.29) is 0 Å². The van der Waals surface area contributed by atoms with Crippen LogP contribution in [-0.4, -0.2) is 6.21 Å². The maximum atomic E-state index is 5.76. The zero-order chi connectivity index (χ0) is 14.1. The van der Waals surface area contributed by atoms with E-state index in [9.17, 15) is 0 Å². The zero-order valence-electron chi connectivity index (χ0n) is 11.7. The van der Waals surface area contributed by atoms with E-state index < -0.39 is 0 Å². The molecule has 0 saturated carbocycles. The van der Waals surface area contributed by atoms with Gasteiger partial charge in [-0.25, -0.2) is 0 Å². The van der Waals surface area contributed by atoms with Crippen LogP contribution >= 0.6 is 0 Å². The predicted octanol–water partition coefficient (Wildman–Crippen LogP) is 4.25. The summed E-state index contributed by atoms with van der Waals surface area (Å²) in [7, 11) is 0. The number of hydrogen-bond donors (Lipinski definition) is 1. The van der Waals surface area contributed by atoms with E-state index in [2.05, 4.69) is 35.9 Å². The van der Waals surface area contributed by atoms with Gasteiger partial charge >= 0.3 is 0 Å². The van der Waals surface area contributed by atoms with Crippen LogP contribution in [-0.2, 0) is 0 Å². The molecule has 1 aliphatic heterocycles. The molecular formula is C17H17N3.